The van der Waals surface area contributed by atoms with Crippen LogP contribution >= 0.6 is 0 Å². The van der Waals surface area contributed by atoms with Crippen molar-refractivity contribution in [2.75, 3.05) is 24.4 Å². The Hall–Kier alpha value is -1.96. The lowest BCUT2D eigenvalue weighted by Gasteiger charge is -2.32. The second-order valence-electron chi connectivity index (χ2n) is 10.7. The third-order valence-corrected chi connectivity index (χ3v) is 10.4. The van der Waals surface area contributed by atoms with Crippen LogP contribution in [0.2, 0.25) is 0 Å². The van der Waals surface area contributed by atoms with Crippen molar-refractivity contribution < 1.29 is 17.9 Å². The zero-order valence-corrected chi connectivity index (χ0v) is 19.7. The molecular formula is C26H31FN2O3S. The zero-order chi connectivity index (χ0) is 23.0. The average molecular weight is 471 g/mol. The molecule has 1 saturated heterocycles. The Labute approximate surface area is 195 Å². The zero-order valence-electron chi connectivity index (χ0n) is 18.9. The van der Waals surface area contributed by atoms with E-state index in [9.17, 15) is 17.9 Å². The van der Waals surface area contributed by atoms with Gasteiger partial charge in [0.05, 0.1) is 16.5 Å². The molecule has 1 heterocycles. The first-order chi connectivity index (χ1) is 15.7. The molecule has 2 N–H and O–H groups in total. The predicted molar refractivity (Wildman–Crippen MR) is 126 cm³/mol. The minimum absolute atomic E-state index is 0.111. The van der Waals surface area contributed by atoms with Crippen LogP contribution in [0.1, 0.15) is 42.9 Å². The highest BCUT2D eigenvalue weighted by Crippen LogP contribution is 2.65. The Bertz CT molecular complexity index is 1170. The van der Waals surface area contributed by atoms with Crippen LogP contribution in [0, 0.1) is 17.7 Å². The third kappa shape index (κ3) is 3.60. The summed E-state index contributed by atoms with van der Waals surface area (Å²) in [7, 11) is -3.43. The number of halogens is 1. The lowest BCUT2D eigenvalue weighted by Crippen LogP contribution is -2.45. The second-order valence-corrected chi connectivity index (χ2v) is 12.7. The summed E-state index contributed by atoms with van der Waals surface area (Å²) in [5.41, 5.74) is 2.90. The number of fused-ring (bicyclic) bond motifs is 2. The van der Waals surface area contributed by atoms with E-state index in [-0.39, 0.29) is 10.7 Å². The van der Waals surface area contributed by atoms with E-state index < -0.39 is 21.4 Å². The van der Waals surface area contributed by atoms with E-state index in [1.54, 1.807) is 6.07 Å². The van der Waals surface area contributed by atoms with Crippen LogP contribution in [0.25, 0.3) is 0 Å². The van der Waals surface area contributed by atoms with Crippen LogP contribution in [0.15, 0.2) is 42.5 Å². The molecule has 3 atom stereocenters. The van der Waals surface area contributed by atoms with Crippen molar-refractivity contribution in [3.8, 4) is 0 Å². The largest absolute Gasteiger partial charge is 0.388 e. The summed E-state index contributed by atoms with van der Waals surface area (Å²) >= 11 is 0. The van der Waals surface area contributed by atoms with Crippen molar-refractivity contribution in [2.45, 2.75) is 55.3 Å². The van der Waals surface area contributed by atoms with Gasteiger partial charge in [0.25, 0.3) is 0 Å². The van der Waals surface area contributed by atoms with Crippen LogP contribution in [0.5, 0.6) is 0 Å². The molecule has 7 heteroatoms. The molecule has 3 aliphatic carbocycles. The average Bonchev–Trinajstić information content (AvgIpc) is 3.62. The van der Waals surface area contributed by atoms with Crippen molar-refractivity contribution in [1.29, 1.82) is 0 Å². The van der Waals surface area contributed by atoms with Crippen LogP contribution < -0.4 is 4.72 Å². The van der Waals surface area contributed by atoms with Gasteiger partial charge in [-0.15, -0.1) is 0 Å². The van der Waals surface area contributed by atoms with E-state index in [0.717, 1.165) is 25.1 Å². The summed E-state index contributed by atoms with van der Waals surface area (Å²) in [4.78, 5) is 2.37. The van der Waals surface area contributed by atoms with E-state index in [1.165, 1.54) is 17.2 Å². The van der Waals surface area contributed by atoms with Gasteiger partial charge in [0.2, 0.25) is 10.0 Å². The third-order valence-electron chi connectivity index (χ3n) is 8.53. The minimum atomic E-state index is -3.43. The van der Waals surface area contributed by atoms with Crippen molar-refractivity contribution in [3.05, 3.63) is 65.0 Å². The standard InChI is InChI=1S/C26H31FN2O3S/c1-2-26(19-9-20(27)11-21(10-19)28-33(31,32)22-7-8-22)23-14-29(15-24(23)26)16-25(30)12-17-5-3-4-6-18(17)13-25/h3-6,9-11,22-24,28,30H,2,7-8,12-16H2,1H3/t23-,24+,26?. The van der Waals surface area contributed by atoms with E-state index >= 15 is 0 Å². The molecule has 2 aromatic rings. The SMILES string of the molecule is CCC1(c2cc(F)cc(NS(=O)(=O)C3CC3)c2)[C@@H]2CN(CC3(O)Cc4ccccc4C3)C[C@@H]21. The van der Waals surface area contributed by atoms with Gasteiger partial charge in [-0.2, -0.15) is 0 Å². The molecular weight excluding hydrogens is 439 g/mol. The van der Waals surface area contributed by atoms with E-state index in [4.69, 9.17) is 0 Å². The number of rotatable bonds is 7. The van der Waals surface area contributed by atoms with Crippen LogP contribution in [0.4, 0.5) is 10.1 Å². The molecule has 2 saturated carbocycles. The highest BCUT2D eigenvalue weighted by molar-refractivity contribution is 7.93. The van der Waals surface area contributed by atoms with E-state index in [2.05, 4.69) is 28.7 Å². The summed E-state index contributed by atoms with van der Waals surface area (Å²) in [5, 5.41) is 10.9. The van der Waals surface area contributed by atoms with Gasteiger partial charge in [-0.3, -0.25) is 9.62 Å². The smallest absolute Gasteiger partial charge is 0.235 e. The maximum atomic E-state index is 14.5. The van der Waals surface area contributed by atoms with Gasteiger partial charge in [-0.1, -0.05) is 31.2 Å². The Morgan fingerprint density at radius 3 is 2.30 bits per heavy atom. The molecule has 0 spiro atoms. The van der Waals surface area contributed by atoms with Gasteiger partial charge < -0.3 is 5.11 Å². The molecule has 0 bridgehead atoms. The molecule has 6 rings (SSSR count). The lowest BCUT2D eigenvalue weighted by atomic mass is 9.87. The number of likely N-dealkylation sites (tertiary alicyclic amines) is 1. The van der Waals surface area contributed by atoms with Gasteiger partial charge >= 0.3 is 0 Å². The summed E-state index contributed by atoms with van der Waals surface area (Å²) < 4.78 is 41.9. The number of anilines is 1. The van der Waals surface area contributed by atoms with Crippen molar-refractivity contribution >= 4 is 15.7 Å². The quantitative estimate of drug-likeness (QED) is 0.650. The molecule has 5 nitrogen and oxygen atoms in total. The van der Waals surface area contributed by atoms with Gasteiger partial charge in [0.1, 0.15) is 5.82 Å². The van der Waals surface area contributed by atoms with Crippen LogP contribution in [0.3, 0.4) is 0 Å². The number of sulfonamides is 1. The number of hydrogen-bond donors (Lipinski definition) is 2. The number of nitrogens with one attached hydrogen (secondary N) is 1. The van der Waals surface area contributed by atoms with Gasteiger partial charge in [0.15, 0.2) is 0 Å². The first-order valence-electron chi connectivity index (χ1n) is 12.1. The second kappa shape index (κ2) is 7.27. The lowest BCUT2D eigenvalue weighted by molar-refractivity contribution is 0.0139. The highest BCUT2D eigenvalue weighted by atomic mass is 32.2. The Morgan fingerprint density at radius 1 is 1.09 bits per heavy atom. The molecule has 2 aromatic carbocycles. The number of piperidine rings is 1. The van der Waals surface area contributed by atoms with Crippen molar-refractivity contribution in [1.82, 2.24) is 4.90 Å². The molecule has 3 fully saturated rings. The highest BCUT2D eigenvalue weighted by Gasteiger charge is 2.67. The molecule has 4 aliphatic rings. The van der Waals surface area contributed by atoms with E-state index in [1.807, 2.05) is 18.2 Å². The summed E-state index contributed by atoms with van der Waals surface area (Å²) in [5.74, 6) is 0.419. The first-order valence-corrected chi connectivity index (χ1v) is 13.6. The van der Waals surface area contributed by atoms with Crippen LogP contribution in [-0.4, -0.2) is 48.9 Å². The van der Waals surface area contributed by atoms with Gasteiger partial charge in [0, 0.05) is 37.9 Å². The minimum Gasteiger partial charge on any atom is -0.388 e. The van der Waals surface area contributed by atoms with Crippen LogP contribution in [-0.2, 0) is 28.3 Å². The van der Waals surface area contributed by atoms with E-state index in [0.29, 0.717) is 49.8 Å². The van der Waals surface area contributed by atoms with Crippen molar-refractivity contribution in [2.24, 2.45) is 11.8 Å². The first kappa shape index (κ1) is 21.6. The predicted octanol–water partition coefficient (Wildman–Crippen LogP) is 3.47. The molecule has 0 aromatic heterocycles. The number of benzene rings is 2. The fourth-order valence-electron chi connectivity index (χ4n) is 6.85. The van der Waals surface area contributed by atoms with Crippen molar-refractivity contribution in [3.63, 3.8) is 0 Å². The number of nitrogens with zero attached hydrogens (tertiary/aromatic N) is 1. The summed E-state index contributed by atoms with van der Waals surface area (Å²) in [6, 6.07) is 13.0. The fourth-order valence-corrected chi connectivity index (χ4v) is 8.22. The summed E-state index contributed by atoms with van der Waals surface area (Å²) in [6.07, 6.45) is 3.64. The molecule has 176 valence electrons. The van der Waals surface area contributed by atoms with Gasteiger partial charge in [-0.25, -0.2) is 12.8 Å². The number of β-amino-alcohol motifs (C(OH)–C–C–N with tert-alkyl or cyclic N) is 1. The molecule has 1 unspecified atom stereocenters. The normalized spacial score (nSPS) is 30.2. The molecule has 0 radical (unpaired) electrons. The summed E-state index contributed by atoms with van der Waals surface area (Å²) in [6.45, 7) is 4.57. The Balaban J connectivity index is 1.17. The Morgan fingerprint density at radius 2 is 1.73 bits per heavy atom. The molecule has 33 heavy (non-hydrogen) atoms. The molecule has 0 amide bonds. The monoisotopic (exact) mass is 470 g/mol. The number of hydrogen-bond acceptors (Lipinski definition) is 4. The number of aliphatic hydroxyl groups is 1. The molecule has 1 aliphatic heterocycles. The fraction of sp³-hybridized carbons (Fsp3) is 0.538. The Kier molecular flexibility index (Phi) is 4.75. The topological polar surface area (TPSA) is 69.6 Å². The maximum absolute atomic E-state index is 14.5. The maximum Gasteiger partial charge on any atom is 0.235 e. The van der Waals surface area contributed by atoms with Gasteiger partial charge in [-0.05, 0) is 66.0 Å².